The van der Waals surface area contributed by atoms with E-state index >= 15 is 0 Å². The number of carbonyl (C=O) groups excluding carboxylic acids is 1. The molecule has 5 N–H and O–H groups in total. The van der Waals surface area contributed by atoms with Gasteiger partial charge < -0.3 is 10.1 Å². The molecule has 1 amide bonds. The van der Waals surface area contributed by atoms with E-state index < -0.39 is 6.09 Å². The molecule has 7 heteroatoms. The molecule has 2 aromatic rings. The van der Waals surface area contributed by atoms with Gasteiger partial charge in [-0.1, -0.05) is 48.5 Å². The number of hydrazine groups is 3. The highest BCUT2D eigenvalue weighted by Gasteiger charge is 2.29. The molecule has 4 rings (SSSR count). The molecule has 0 spiro atoms. The fraction of sp³-hybridized carbons (Fsp3) is 0.235. The van der Waals surface area contributed by atoms with E-state index in [1.165, 1.54) is 22.3 Å². The zero-order valence-corrected chi connectivity index (χ0v) is 13.0. The van der Waals surface area contributed by atoms with Gasteiger partial charge in [0.25, 0.3) is 0 Å². The molecule has 1 saturated heterocycles. The predicted octanol–water partition coefficient (Wildman–Crippen LogP) is 0.968. The quantitative estimate of drug-likeness (QED) is 0.576. The molecule has 1 aliphatic carbocycles. The Morgan fingerprint density at radius 2 is 1.54 bits per heavy atom. The van der Waals surface area contributed by atoms with E-state index in [0.29, 0.717) is 13.2 Å². The number of amides is 1. The Labute approximate surface area is 139 Å². The van der Waals surface area contributed by atoms with Crippen molar-refractivity contribution in [2.24, 2.45) is 0 Å². The molecule has 124 valence electrons. The van der Waals surface area contributed by atoms with E-state index in [1.54, 1.807) is 0 Å². The fourth-order valence-electron chi connectivity index (χ4n) is 3.22. The van der Waals surface area contributed by atoms with Gasteiger partial charge in [-0.05, 0) is 22.3 Å². The second-order valence-corrected chi connectivity index (χ2v) is 5.80. The summed E-state index contributed by atoms with van der Waals surface area (Å²) in [6, 6.07) is 16.6. The number of nitrogens with one attached hydrogen (secondary N) is 5. The first-order valence-corrected chi connectivity index (χ1v) is 7.93. The Bertz CT molecular complexity index is 700. The SMILES string of the molecule is O=C(NCC1NNNN1)OCC1c2ccccc2-c2ccccc21. The molecule has 2 aromatic carbocycles. The topological polar surface area (TPSA) is 86.5 Å². The lowest BCUT2D eigenvalue weighted by Gasteiger charge is -2.15. The lowest BCUT2D eigenvalue weighted by molar-refractivity contribution is 0.142. The number of ether oxygens (including phenoxy) is 1. The summed E-state index contributed by atoms with van der Waals surface area (Å²) >= 11 is 0. The van der Waals surface area contributed by atoms with Crippen molar-refractivity contribution in [1.29, 1.82) is 0 Å². The molecule has 0 radical (unpaired) electrons. The first-order valence-electron chi connectivity index (χ1n) is 7.93. The fourth-order valence-corrected chi connectivity index (χ4v) is 3.22. The molecule has 1 fully saturated rings. The molecular weight excluding hydrogens is 306 g/mol. The van der Waals surface area contributed by atoms with Gasteiger partial charge in [-0.25, -0.2) is 15.6 Å². The number of carbonyl (C=O) groups is 1. The number of rotatable bonds is 4. The van der Waals surface area contributed by atoms with Gasteiger partial charge in [-0.2, -0.15) is 11.1 Å². The van der Waals surface area contributed by atoms with E-state index in [9.17, 15) is 4.79 Å². The van der Waals surface area contributed by atoms with Crippen LogP contribution in [0.2, 0.25) is 0 Å². The Morgan fingerprint density at radius 3 is 2.17 bits per heavy atom. The molecule has 7 nitrogen and oxygen atoms in total. The van der Waals surface area contributed by atoms with Crippen molar-refractivity contribution in [2.75, 3.05) is 13.2 Å². The number of hydrogen-bond donors (Lipinski definition) is 5. The van der Waals surface area contributed by atoms with E-state index in [-0.39, 0.29) is 12.1 Å². The van der Waals surface area contributed by atoms with Gasteiger partial charge in [-0.15, -0.1) is 0 Å². The molecule has 0 bridgehead atoms. The highest BCUT2D eigenvalue weighted by molar-refractivity contribution is 5.79. The molecular formula is C17H19N5O2. The van der Waals surface area contributed by atoms with Crippen LogP contribution in [0, 0.1) is 0 Å². The number of alkyl carbamates (subject to hydrolysis) is 1. The van der Waals surface area contributed by atoms with Crippen LogP contribution >= 0.6 is 0 Å². The third kappa shape index (κ3) is 2.85. The first kappa shape index (κ1) is 15.1. The second kappa shape index (κ2) is 6.58. The zero-order chi connectivity index (χ0) is 16.4. The third-order valence-electron chi connectivity index (χ3n) is 4.35. The molecule has 0 unspecified atom stereocenters. The highest BCUT2D eigenvalue weighted by atomic mass is 16.5. The molecule has 1 aliphatic heterocycles. The molecule has 0 saturated carbocycles. The Morgan fingerprint density at radius 1 is 0.958 bits per heavy atom. The van der Waals surface area contributed by atoms with Crippen LogP contribution in [0.25, 0.3) is 11.1 Å². The van der Waals surface area contributed by atoms with Gasteiger partial charge in [0.2, 0.25) is 0 Å². The minimum Gasteiger partial charge on any atom is -0.449 e. The summed E-state index contributed by atoms with van der Waals surface area (Å²) in [5.74, 6) is 0.0780. The second-order valence-electron chi connectivity index (χ2n) is 5.80. The predicted molar refractivity (Wildman–Crippen MR) is 89.4 cm³/mol. The van der Waals surface area contributed by atoms with Crippen LogP contribution in [-0.2, 0) is 4.74 Å². The Hall–Kier alpha value is -2.45. The van der Waals surface area contributed by atoms with Crippen molar-refractivity contribution in [2.45, 2.75) is 12.1 Å². The van der Waals surface area contributed by atoms with Crippen LogP contribution in [0.15, 0.2) is 48.5 Å². The number of fused-ring (bicyclic) bond motifs is 3. The summed E-state index contributed by atoms with van der Waals surface area (Å²) in [6.07, 6.45) is -0.516. The van der Waals surface area contributed by atoms with E-state index in [1.807, 2.05) is 24.3 Å². The van der Waals surface area contributed by atoms with E-state index in [4.69, 9.17) is 4.74 Å². The Kier molecular flexibility index (Phi) is 4.14. The average molecular weight is 325 g/mol. The summed E-state index contributed by atoms with van der Waals surface area (Å²) in [5.41, 5.74) is 16.0. The summed E-state index contributed by atoms with van der Waals surface area (Å²) < 4.78 is 5.45. The molecule has 1 heterocycles. The van der Waals surface area contributed by atoms with Gasteiger partial charge in [0.15, 0.2) is 0 Å². The minimum atomic E-state index is -0.424. The van der Waals surface area contributed by atoms with Crippen molar-refractivity contribution in [3.63, 3.8) is 0 Å². The number of benzene rings is 2. The van der Waals surface area contributed by atoms with Crippen LogP contribution in [0.5, 0.6) is 0 Å². The van der Waals surface area contributed by atoms with E-state index in [0.717, 1.165) is 0 Å². The van der Waals surface area contributed by atoms with Crippen molar-refractivity contribution < 1.29 is 9.53 Å². The van der Waals surface area contributed by atoms with Crippen molar-refractivity contribution in [3.8, 4) is 11.1 Å². The van der Waals surface area contributed by atoms with Gasteiger partial charge in [0, 0.05) is 5.92 Å². The lowest BCUT2D eigenvalue weighted by atomic mass is 9.98. The van der Waals surface area contributed by atoms with E-state index in [2.05, 4.69) is 51.5 Å². The summed E-state index contributed by atoms with van der Waals surface area (Å²) in [5, 5.41) is 2.73. The van der Waals surface area contributed by atoms with Crippen LogP contribution in [0.1, 0.15) is 17.0 Å². The zero-order valence-electron chi connectivity index (χ0n) is 13.0. The first-order chi connectivity index (χ1) is 11.8. The molecule has 24 heavy (non-hydrogen) atoms. The standard InChI is InChI=1S/C17H19N5O2/c23-17(18-9-16-19-21-22-20-16)24-10-15-13-7-3-1-5-11(13)12-6-2-4-8-14(12)15/h1-8,15-16,19-22H,9-10H2,(H,18,23). The van der Waals surface area contributed by atoms with Crippen LogP contribution < -0.4 is 27.2 Å². The van der Waals surface area contributed by atoms with Gasteiger partial charge in [0.05, 0.1) is 6.54 Å². The summed E-state index contributed by atoms with van der Waals surface area (Å²) in [7, 11) is 0. The molecule has 2 aliphatic rings. The smallest absolute Gasteiger partial charge is 0.407 e. The Balaban J connectivity index is 1.42. The third-order valence-corrected chi connectivity index (χ3v) is 4.35. The summed E-state index contributed by atoms with van der Waals surface area (Å²) in [4.78, 5) is 12.0. The normalized spacial score (nSPS) is 16.7. The maximum atomic E-state index is 12.0. The van der Waals surface area contributed by atoms with Gasteiger partial charge >= 0.3 is 6.09 Å². The molecule has 0 aromatic heterocycles. The van der Waals surface area contributed by atoms with Crippen LogP contribution in [0.3, 0.4) is 0 Å². The van der Waals surface area contributed by atoms with Crippen LogP contribution in [-0.4, -0.2) is 25.4 Å². The highest BCUT2D eigenvalue weighted by Crippen LogP contribution is 2.44. The average Bonchev–Trinajstić information content (AvgIpc) is 3.25. The number of hydrogen-bond acceptors (Lipinski definition) is 6. The van der Waals surface area contributed by atoms with Crippen molar-refractivity contribution in [1.82, 2.24) is 27.2 Å². The monoisotopic (exact) mass is 325 g/mol. The van der Waals surface area contributed by atoms with Crippen LogP contribution in [0.4, 0.5) is 4.79 Å². The lowest BCUT2D eigenvalue weighted by Crippen LogP contribution is -2.45. The summed E-state index contributed by atoms with van der Waals surface area (Å²) in [6.45, 7) is 0.721. The maximum absolute atomic E-state index is 12.0. The largest absolute Gasteiger partial charge is 0.449 e. The maximum Gasteiger partial charge on any atom is 0.407 e. The minimum absolute atomic E-state index is 0.0780. The van der Waals surface area contributed by atoms with Crippen molar-refractivity contribution in [3.05, 3.63) is 59.7 Å². The molecule has 0 atom stereocenters. The van der Waals surface area contributed by atoms with Gasteiger partial charge in [0.1, 0.15) is 12.8 Å². The van der Waals surface area contributed by atoms with Gasteiger partial charge in [-0.3, -0.25) is 0 Å². The van der Waals surface area contributed by atoms with Crippen molar-refractivity contribution >= 4 is 6.09 Å².